The van der Waals surface area contributed by atoms with Crippen molar-refractivity contribution >= 4 is 40.3 Å². The van der Waals surface area contributed by atoms with Crippen LogP contribution in [-0.2, 0) is 9.53 Å². The summed E-state index contributed by atoms with van der Waals surface area (Å²) >= 11 is 2.06. The number of hydrogen-bond donors (Lipinski definition) is 1. The molecule has 0 unspecified atom stereocenters. The number of hydrogen-bond acceptors (Lipinski definition) is 4. The molecular weight excluding hydrogens is 335 g/mol. The summed E-state index contributed by atoms with van der Waals surface area (Å²) < 4.78 is 5.42. The lowest BCUT2D eigenvalue weighted by atomic mass is 10.3. The first-order chi connectivity index (χ1) is 8.10. The molecule has 5 nitrogen and oxygen atoms in total. The highest BCUT2D eigenvalue weighted by Crippen LogP contribution is 2.30. The minimum Gasteiger partial charge on any atom is -0.464 e. The molecule has 0 aromatic carbocycles. The zero-order chi connectivity index (χ0) is 12.4. The summed E-state index contributed by atoms with van der Waals surface area (Å²) in [5, 5.41) is 2.70. The van der Waals surface area contributed by atoms with E-state index in [-0.39, 0.29) is 17.5 Å². The van der Waals surface area contributed by atoms with Gasteiger partial charge in [-0.15, -0.1) is 0 Å². The average molecular weight is 346 g/mol. The van der Waals surface area contributed by atoms with Crippen molar-refractivity contribution in [2.45, 2.75) is 12.8 Å². The van der Waals surface area contributed by atoms with E-state index < -0.39 is 5.97 Å². The summed E-state index contributed by atoms with van der Waals surface area (Å²) in [6.45, 7) is 0. The van der Waals surface area contributed by atoms with Gasteiger partial charge >= 0.3 is 5.97 Å². The van der Waals surface area contributed by atoms with Crippen LogP contribution in [0.4, 0.5) is 5.82 Å². The molecule has 90 valence electrons. The molecular formula is C11H11IN2O3. The summed E-state index contributed by atoms with van der Waals surface area (Å²) in [7, 11) is 1.30. The van der Waals surface area contributed by atoms with Crippen molar-refractivity contribution in [2.24, 2.45) is 5.92 Å². The lowest BCUT2D eigenvalue weighted by molar-refractivity contribution is -0.117. The van der Waals surface area contributed by atoms with Crippen molar-refractivity contribution in [3.63, 3.8) is 0 Å². The lowest BCUT2D eigenvalue weighted by Crippen LogP contribution is -2.16. The molecule has 1 aromatic heterocycles. The minimum absolute atomic E-state index is 0.0321. The van der Waals surface area contributed by atoms with Crippen LogP contribution in [0, 0.1) is 9.49 Å². The summed E-state index contributed by atoms with van der Waals surface area (Å²) in [4.78, 5) is 27.0. The van der Waals surface area contributed by atoms with Gasteiger partial charge in [0.15, 0.2) is 5.69 Å². The number of methoxy groups -OCH3 is 1. The van der Waals surface area contributed by atoms with Crippen LogP contribution < -0.4 is 5.32 Å². The Morgan fingerprint density at radius 2 is 2.18 bits per heavy atom. The molecule has 1 heterocycles. The molecule has 1 fully saturated rings. The van der Waals surface area contributed by atoms with Crippen molar-refractivity contribution in [3.8, 4) is 0 Å². The summed E-state index contributed by atoms with van der Waals surface area (Å²) in [6, 6.07) is 3.33. The number of halogens is 1. The van der Waals surface area contributed by atoms with Crippen LogP contribution in [-0.4, -0.2) is 24.0 Å². The van der Waals surface area contributed by atoms with Gasteiger partial charge in [-0.05, 0) is 47.6 Å². The van der Waals surface area contributed by atoms with Crippen LogP contribution in [0.1, 0.15) is 23.3 Å². The maximum absolute atomic E-state index is 11.6. The number of nitrogens with zero attached hydrogens (tertiary/aromatic N) is 1. The van der Waals surface area contributed by atoms with Gasteiger partial charge in [-0.1, -0.05) is 0 Å². The minimum atomic E-state index is -0.509. The Balaban J connectivity index is 2.18. The van der Waals surface area contributed by atoms with Crippen LogP contribution in [0.15, 0.2) is 12.1 Å². The molecule has 0 saturated heterocycles. The van der Waals surface area contributed by atoms with E-state index in [1.807, 2.05) is 0 Å². The van der Waals surface area contributed by atoms with Crippen LogP contribution in [0.5, 0.6) is 0 Å². The molecule has 0 aliphatic heterocycles. The molecule has 1 saturated carbocycles. The van der Waals surface area contributed by atoms with Gasteiger partial charge in [0.05, 0.1) is 7.11 Å². The molecule has 1 aromatic rings. The van der Waals surface area contributed by atoms with Gasteiger partial charge in [0.2, 0.25) is 5.91 Å². The molecule has 1 aliphatic carbocycles. The molecule has 0 radical (unpaired) electrons. The Morgan fingerprint density at radius 1 is 1.47 bits per heavy atom. The number of amides is 1. The second-order valence-electron chi connectivity index (χ2n) is 3.81. The third-order valence-electron chi connectivity index (χ3n) is 2.38. The molecule has 0 atom stereocenters. The van der Waals surface area contributed by atoms with Gasteiger partial charge in [0, 0.05) is 9.49 Å². The number of carbonyl (C=O) groups is 2. The van der Waals surface area contributed by atoms with Gasteiger partial charge < -0.3 is 10.1 Å². The van der Waals surface area contributed by atoms with Gasteiger partial charge in [-0.25, -0.2) is 9.78 Å². The molecule has 1 aliphatic rings. The van der Waals surface area contributed by atoms with Crippen molar-refractivity contribution in [1.82, 2.24) is 4.98 Å². The third kappa shape index (κ3) is 3.15. The fraction of sp³-hybridized carbons (Fsp3) is 0.364. The monoisotopic (exact) mass is 346 g/mol. The highest BCUT2D eigenvalue weighted by molar-refractivity contribution is 14.1. The van der Waals surface area contributed by atoms with Gasteiger partial charge in [0.1, 0.15) is 5.82 Å². The lowest BCUT2D eigenvalue weighted by Gasteiger charge is -2.06. The molecule has 0 spiro atoms. The van der Waals surface area contributed by atoms with Crippen molar-refractivity contribution in [1.29, 1.82) is 0 Å². The second kappa shape index (κ2) is 4.99. The smallest absolute Gasteiger partial charge is 0.356 e. The molecule has 1 amide bonds. The van der Waals surface area contributed by atoms with Crippen molar-refractivity contribution in [3.05, 3.63) is 21.4 Å². The first-order valence-corrected chi connectivity index (χ1v) is 6.25. The Kier molecular flexibility index (Phi) is 3.60. The van der Waals surface area contributed by atoms with Gasteiger partial charge in [-0.2, -0.15) is 0 Å². The number of nitrogens with one attached hydrogen (secondary N) is 1. The predicted molar refractivity (Wildman–Crippen MR) is 69.6 cm³/mol. The fourth-order valence-corrected chi connectivity index (χ4v) is 1.93. The molecule has 17 heavy (non-hydrogen) atoms. The molecule has 0 bridgehead atoms. The standard InChI is InChI=1S/C11H11IN2O3/c1-17-11(16)8-4-7(12)5-9(13-8)14-10(15)6-2-3-6/h4-6H,2-3H2,1H3,(H,13,14,15). The largest absolute Gasteiger partial charge is 0.464 e. The van der Waals surface area contributed by atoms with Crippen molar-refractivity contribution < 1.29 is 14.3 Å². The summed E-state index contributed by atoms with van der Waals surface area (Å²) in [5.41, 5.74) is 0.200. The number of anilines is 1. The molecule has 2 rings (SSSR count). The first kappa shape index (κ1) is 12.3. The van der Waals surface area contributed by atoms with E-state index in [0.717, 1.165) is 16.4 Å². The van der Waals surface area contributed by atoms with Crippen LogP contribution in [0.3, 0.4) is 0 Å². The quantitative estimate of drug-likeness (QED) is 0.670. The number of rotatable bonds is 3. The Bertz CT molecular complexity index is 472. The second-order valence-corrected chi connectivity index (χ2v) is 5.06. The maximum Gasteiger partial charge on any atom is 0.356 e. The van der Waals surface area contributed by atoms with E-state index in [9.17, 15) is 9.59 Å². The summed E-state index contributed by atoms with van der Waals surface area (Å²) in [5.74, 6) is -0.0359. The van der Waals surface area contributed by atoms with Crippen LogP contribution in [0.2, 0.25) is 0 Å². The number of aromatic nitrogens is 1. The topological polar surface area (TPSA) is 68.3 Å². The highest BCUT2D eigenvalue weighted by Gasteiger charge is 2.30. The summed E-state index contributed by atoms with van der Waals surface area (Å²) in [6.07, 6.45) is 1.86. The maximum atomic E-state index is 11.6. The van der Waals surface area contributed by atoms with Crippen LogP contribution >= 0.6 is 22.6 Å². The van der Waals surface area contributed by atoms with E-state index >= 15 is 0 Å². The fourth-order valence-electron chi connectivity index (χ4n) is 1.34. The van der Waals surface area contributed by atoms with E-state index in [0.29, 0.717) is 5.82 Å². The van der Waals surface area contributed by atoms with E-state index in [1.165, 1.54) is 7.11 Å². The third-order valence-corrected chi connectivity index (χ3v) is 3.01. The average Bonchev–Trinajstić information content (AvgIpc) is 3.10. The Hall–Kier alpha value is -1.18. The highest BCUT2D eigenvalue weighted by atomic mass is 127. The number of carbonyl (C=O) groups excluding carboxylic acids is 2. The Morgan fingerprint density at radius 3 is 2.76 bits per heavy atom. The zero-order valence-electron chi connectivity index (χ0n) is 9.20. The molecule has 6 heteroatoms. The SMILES string of the molecule is COC(=O)c1cc(I)cc(NC(=O)C2CC2)n1. The number of esters is 1. The van der Waals surface area contributed by atoms with E-state index in [2.05, 4.69) is 37.6 Å². The normalized spacial score (nSPS) is 14.2. The zero-order valence-corrected chi connectivity index (χ0v) is 11.4. The van der Waals surface area contributed by atoms with Gasteiger partial charge in [-0.3, -0.25) is 4.79 Å². The van der Waals surface area contributed by atoms with E-state index in [1.54, 1.807) is 12.1 Å². The number of ether oxygens (including phenoxy) is 1. The van der Waals surface area contributed by atoms with Crippen molar-refractivity contribution in [2.75, 3.05) is 12.4 Å². The van der Waals surface area contributed by atoms with Crippen LogP contribution in [0.25, 0.3) is 0 Å². The predicted octanol–water partition coefficient (Wildman–Crippen LogP) is 1.82. The number of pyridine rings is 1. The molecule has 1 N–H and O–H groups in total. The first-order valence-electron chi connectivity index (χ1n) is 5.17. The van der Waals surface area contributed by atoms with E-state index in [4.69, 9.17) is 0 Å². The Labute approximate surface area is 112 Å². The van der Waals surface area contributed by atoms with Gasteiger partial charge in [0.25, 0.3) is 0 Å².